The summed E-state index contributed by atoms with van der Waals surface area (Å²) in [5, 5.41) is 2.73. The molecule has 0 radical (unpaired) electrons. The van der Waals surface area contributed by atoms with Gasteiger partial charge in [-0.15, -0.1) is 0 Å². The van der Waals surface area contributed by atoms with Crippen molar-refractivity contribution in [3.8, 4) is 0 Å². The lowest BCUT2D eigenvalue weighted by Gasteiger charge is -2.22. The Bertz CT molecular complexity index is 204. The van der Waals surface area contributed by atoms with Gasteiger partial charge in [-0.3, -0.25) is 0 Å². The minimum Gasteiger partial charge on any atom is -0.442 e. The molecule has 76 valence electrons. The highest BCUT2D eigenvalue weighted by Gasteiger charge is 2.45. The summed E-state index contributed by atoms with van der Waals surface area (Å²) in [5.41, 5.74) is 4.88. The van der Waals surface area contributed by atoms with Crippen LogP contribution in [0.4, 0.5) is 4.79 Å². The number of nitrogens with two attached hydrogens (primary N) is 1. The number of carbonyl (C=O) groups excluding carboxylic acids is 1. The summed E-state index contributed by atoms with van der Waals surface area (Å²) in [4.78, 5) is 11.3. The third-order valence-corrected chi connectivity index (χ3v) is 1.97. The maximum Gasteiger partial charge on any atom is 0.408 e. The van der Waals surface area contributed by atoms with Gasteiger partial charge in [-0.2, -0.15) is 0 Å². The smallest absolute Gasteiger partial charge is 0.408 e. The number of ether oxygens (including phenoxy) is 1. The predicted octanol–water partition coefficient (Wildman–Crippen LogP) is 1.00. The number of hydrogen-bond donors (Lipinski definition) is 2. The van der Waals surface area contributed by atoms with Crippen molar-refractivity contribution in [2.75, 3.05) is 6.54 Å². The number of rotatable bonds is 2. The van der Waals surface area contributed by atoms with E-state index in [9.17, 15) is 4.79 Å². The fraction of sp³-hybridized carbons (Fsp3) is 0.889. The van der Waals surface area contributed by atoms with Crippen LogP contribution in [0.25, 0.3) is 0 Å². The third kappa shape index (κ3) is 3.22. The zero-order chi connectivity index (χ0) is 10.1. The number of carbonyl (C=O) groups is 1. The first-order chi connectivity index (χ1) is 5.87. The van der Waals surface area contributed by atoms with Gasteiger partial charge in [-0.05, 0) is 33.6 Å². The van der Waals surface area contributed by atoms with Crippen LogP contribution in [0.15, 0.2) is 0 Å². The van der Waals surface area contributed by atoms with Gasteiger partial charge in [-0.1, -0.05) is 0 Å². The molecular formula is C9H18N2O2. The molecule has 1 fully saturated rings. The first-order valence-electron chi connectivity index (χ1n) is 4.58. The predicted molar refractivity (Wildman–Crippen MR) is 50.4 cm³/mol. The number of hydrogen-bond acceptors (Lipinski definition) is 3. The van der Waals surface area contributed by atoms with Gasteiger partial charge in [0, 0.05) is 12.1 Å². The molecule has 4 nitrogen and oxygen atoms in total. The standard InChI is InChI=1S/C9H18N2O2/c1-8(2,3)11-7(12)13-9(6-10)4-5-9/h4-6,10H2,1-3H3,(H,11,12). The van der Waals surface area contributed by atoms with Crippen LogP contribution in [0.5, 0.6) is 0 Å². The van der Waals surface area contributed by atoms with Crippen LogP contribution in [-0.4, -0.2) is 23.8 Å². The number of alkyl carbamates (subject to hydrolysis) is 1. The molecule has 1 aliphatic rings. The Balaban J connectivity index is 2.34. The van der Waals surface area contributed by atoms with E-state index in [1.54, 1.807) is 0 Å². The number of nitrogens with one attached hydrogen (secondary N) is 1. The molecule has 0 aliphatic heterocycles. The molecule has 13 heavy (non-hydrogen) atoms. The monoisotopic (exact) mass is 186 g/mol. The quantitative estimate of drug-likeness (QED) is 0.676. The van der Waals surface area contributed by atoms with Gasteiger partial charge in [-0.25, -0.2) is 4.79 Å². The average molecular weight is 186 g/mol. The van der Waals surface area contributed by atoms with Gasteiger partial charge < -0.3 is 15.8 Å². The van der Waals surface area contributed by atoms with Crippen LogP contribution in [0, 0.1) is 0 Å². The molecule has 1 saturated carbocycles. The lowest BCUT2D eigenvalue weighted by molar-refractivity contribution is 0.0814. The zero-order valence-electron chi connectivity index (χ0n) is 8.52. The van der Waals surface area contributed by atoms with Gasteiger partial charge in [0.1, 0.15) is 5.60 Å². The summed E-state index contributed by atoms with van der Waals surface area (Å²) in [6.45, 7) is 6.16. The highest BCUT2D eigenvalue weighted by Crippen LogP contribution is 2.38. The van der Waals surface area contributed by atoms with Crippen molar-refractivity contribution in [3.63, 3.8) is 0 Å². The minimum absolute atomic E-state index is 0.248. The fourth-order valence-corrected chi connectivity index (χ4v) is 1.02. The van der Waals surface area contributed by atoms with Crippen LogP contribution < -0.4 is 11.1 Å². The first-order valence-corrected chi connectivity index (χ1v) is 4.58. The summed E-state index contributed by atoms with van der Waals surface area (Å²) < 4.78 is 5.20. The molecule has 0 aromatic rings. The molecule has 0 bridgehead atoms. The van der Waals surface area contributed by atoms with Crippen LogP contribution in [-0.2, 0) is 4.74 Å². The van der Waals surface area contributed by atoms with E-state index in [4.69, 9.17) is 10.5 Å². The maximum absolute atomic E-state index is 11.3. The molecule has 0 unspecified atom stereocenters. The fourth-order valence-electron chi connectivity index (χ4n) is 1.02. The van der Waals surface area contributed by atoms with Crippen molar-refractivity contribution in [1.29, 1.82) is 0 Å². The van der Waals surface area contributed by atoms with Gasteiger partial charge in [0.25, 0.3) is 0 Å². The van der Waals surface area contributed by atoms with E-state index in [-0.39, 0.29) is 17.2 Å². The number of amides is 1. The van der Waals surface area contributed by atoms with E-state index < -0.39 is 0 Å². The van der Waals surface area contributed by atoms with Crippen molar-refractivity contribution < 1.29 is 9.53 Å². The van der Waals surface area contributed by atoms with Crippen LogP contribution in [0.3, 0.4) is 0 Å². The topological polar surface area (TPSA) is 64.3 Å². The average Bonchev–Trinajstić information content (AvgIpc) is 2.65. The molecule has 0 saturated heterocycles. The summed E-state index contributed by atoms with van der Waals surface area (Å²) in [7, 11) is 0. The Kier molecular flexibility index (Phi) is 2.52. The molecular weight excluding hydrogens is 168 g/mol. The van der Waals surface area contributed by atoms with Crippen LogP contribution in [0.1, 0.15) is 33.6 Å². The summed E-state index contributed by atoms with van der Waals surface area (Å²) in [6.07, 6.45) is 1.41. The van der Waals surface area contributed by atoms with Crippen LogP contribution >= 0.6 is 0 Å². The Hall–Kier alpha value is -0.770. The largest absolute Gasteiger partial charge is 0.442 e. The highest BCUT2D eigenvalue weighted by molar-refractivity contribution is 5.69. The SMILES string of the molecule is CC(C)(C)NC(=O)OC1(CN)CC1. The molecule has 1 amide bonds. The summed E-state index contributed by atoms with van der Waals surface area (Å²) in [5.74, 6) is 0. The normalized spacial score (nSPS) is 19.4. The summed E-state index contributed by atoms with van der Waals surface area (Å²) in [6, 6.07) is 0. The van der Waals surface area contributed by atoms with Gasteiger partial charge in [0.05, 0.1) is 0 Å². The lowest BCUT2D eigenvalue weighted by atomic mass is 10.1. The summed E-state index contributed by atoms with van der Waals surface area (Å²) >= 11 is 0. The third-order valence-electron chi connectivity index (χ3n) is 1.97. The highest BCUT2D eigenvalue weighted by atomic mass is 16.6. The van der Waals surface area contributed by atoms with E-state index in [2.05, 4.69) is 5.32 Å². The molecule has 3 N–H and O–H groups in total. The van der Waals surface area contributed by atoms with Crippen LogP contribution in [0.2, 0.25) is 0 Å². The maximum atomic E-state index is 11.3. The first kappa shape index (κ1) is 10.3. The Morgan fingerprint density at radius 3 is 2.38 bits per heavy atom. The van der Waals surface area contributed by atoms with E-state index in [1.807, 2.05) is 20.8 Å². The molecule has 1 rings (SSSR count). The second kappa shape index (κ2) is 3.18. The van der Waals surface area contributed by atoms with Crippen molar-refractivity contribution in [1.82, 2.24) is 5.32 Å². The van der Waals surface area contributed by atoms with E-state index in [1.165, 1.54) is 0 Å². The van der Waals surface area contributed by atoms with Gasteiger partial charge in [0.2, 0.25) is 0 Å². The molecule has 0 aromatic carbocycles. The van der Waals surface area contributed by atoms with Crippen molar-refractivity contribution in [2.45, 2.75) is 44.8 Å². The van der Waals surface area contributed by atoms with E-state index in [0.717, 1.165) is 12.8 Å². The Labute approximate surface area is 78.8 Å². The van der Waals surface area contributed by atoms with Gasteiger partial charge in [0.15, 0.2) is 0 Å². The molecule has 0 heterocycles. The molecule has 1 aliphatic carbocycles. The molecule has 4 heteroatoms. The van der Waals surface area contributed by atoms with Crippen molar-refractivity contribution in [2.24, 2.45) is 5.73 Å². The van der Waals surface area contributed by atoms with Crippen molar-refractivity contribution in [3.05, 3.63) is 0 Å². The van der Waals surface area contributed by atoms with Crippen molar-refractivity contribution >= 4 is 6.09 Å². The molecule has 0 spiro atoms. The Morgan fingerprint density at radius 1 is 1.54 bits per heavy atom. The zero-order valence-corrected chi connectivity index (χ0v) is 8.52. The van der Waals surface area contributed by atoms with E-state index in [0.29, 0.717) is 6.54 Å². The molecule has 0 atom stereocenters. The minimum atomic E-state index is -0.365. The molecule has 0 aromatic heterocycles. The van der Waals surface area contributed by atoms with Gasteiger partial charge >= 0.3 is 6.09 Å². The second-order valence-corrected chi connectivity index (χ2v) is 4.65. The van der Waals surface area contributed by atoms with E-state index >= 15 is 0 Å². The lowest BCUT2D eigenvalue weighted by Crippen LogP contribution is -2.43. The Morgan fingerprint density at radius 2 is 2.08 bits per heavy atom. The second-order valence-electron chi connectivity index (χ2n) is 4.65.